The van der Waals surface area contributed by atoms with Crippen molar-refractivity contribution in [3.8, 4) is 0 Å². The topological polar surface area (TPSA) is 67.4 Å². The zero-order chi connectivity index (χ0) is 14.0. The molecule has 1 aliphatic heterocycles. The average molecular weight is 316 g/mol. The highest BCUT2D eigenvalue weighted by Crippen LogP contribution is 2.23. The fourth-order valence-electron chi connectivity index (χ4n) is 2.25. The zero-order valence-corrected chi connectivity index (χ0v) is 12.9. The minimum atomic E-state index is -3.41. The van der Waals surface area contributed by atoms with E-state index >= 15 is 0 Å². The number of hydrogen-bond acceptors (Lipinski definition) is 5. The first-order valence-corrected chi connectivity index (χ1v) is 9.41. The Morgan fingerprint density at radius 2 is 2.15 bits per heavy atom. The molecule has 1 unspecified atom stereocenters. The summed E-state index contributed by atoms with van der Waals surface area (Å²) in [4.78, 5) is 1.44. The SMILES string of the molecule is O=S(=O)(NC1CCCOC1)c1csc(CNC2CC2)c1. The summed E-state index contributed by atoms with van der Waals surface area (Å²) in [7, 11) is -3.41. The average Bonchev–Trinajstić information content (AvgIpc) is 3.13. The van der Waals surface area contributed by atoms with E-state index in [1.807, 2.05) is 0 Å². The lowest BCUT2D eigenvalue weighted by atomic mass is 10.1. The van der Waals surface area contributed by atoms with Gasteiger partial charge in [-0.3, -0.25) is 0 Å². The third-order valence-corrected chi connectivity index (χ3v) is 6.15. The molecule has 1 aromatic heterocycles. The Kier molecular flexibility index (Phi) is 4.42. The summed E-state index contributed by atoms with van der Waals surface area (Å²) in [5.41, 5.74) is 0. The molecule has 0 radical (unpaired) electrons. The lowest BCUT2D eigenvalue weighted by molar-refractivity contribution is 0.0774. The van der Waals surface area contributed by atoms with Gasteiger partial charge in [-0.2, -0.15) is 0 Å². The zero-order valence-electron chi connectivity index (χ0n) is 11.3. The minimum Gasteiger partial charge on any atom is -0.380 e. The highest BCUT2D eigenvalue weighted by atomic mass is 32.2. The molecule has 0 amide bonds. The smallest absolute Gasteiger partial charge is 0.241 e. The second-order valence-electron chi connectivity index (χ2n) is 5.44. The van der Waals surface area contributed by atoms with E-state index in [9.17, 15) is 8.42 Å². The normalized spacial score (nSPS) is 23.9. The highest BCUT2D eigenvalue weighted by Gasteiger charge is 2.24. The maximum Gasteiger partial charge on any atom is 0.241 e. The molecule has 1 aliphatic carbocycles. The lowest BCUT2D eigenvalue weighted by Gasteiger charge is -2.22. The first kappa shape index (κ1) is 14.5. The number of rotatable bonds is 6. The first-order chi connectivity index (χ1) is 9.63. The van der Waals surface area contributed by atoms with E-state index in [2.05, 4.69) is 10.0 Å². The van der Waals surface area contributed by atoms with Gasteiger partial charge >= 0.3 is 0 Å². The van der Waals surface area contributed by atoms with Crippen molar-refractivity contribution in [2.75, 3.05) is 13.2 Å². The summed E-state index contributed by atoms with van der Waals surface area (Å²) in [6, 6.07) is 2.31. The molecule has 0 spiro atoms. The molecule has 2 aliphatic rings. The number of sulfonamides is 1. The lowest BCUT2D eigenvalue weighted by Crippen LogP contribution is -2.40. The van der Waals surface area contributed by atoms with Crippen LogP contribution in [0.4, 0.5) is 0 Å². The molecule has 2 fully saturated rings. The van der Waals surface area contributed by atoms with E-state index in [1.54, 1.807) is 11.4 Å². The van der Waals surface area contributed by atoms with Gasteiger partial charge in [0, 0.05) is 35.5 Å². The minimum absolute atomic E-state index is 0.0957. The summed E-state index contributed by atoms with van der Waals surface area (Å²) in [5, 5.41) is 5.11. The Hall–Kier alpha value is -0.470. The fourth-order valence-corrected chi connectivity index (χ4v) is 4.73. The molecule has 0 bridgehead atoms. The summed E-state index contributed by atoms with van der Waals surface area (Å²) >= 11 is 1.50. The van der Waals surface area contributed by atoms with Gasteiger partial charge in [-0.05, 0) is 31.7 Å². The number of hydrogen-bond donors (Lipinski definition) is 2. The molecule has 2 N–H and O–H groups in total. The molecule has 2 heterocycles. The van der Waals surface area contributed by atoms with Gasteiger partial charge in [0.05, 0.1) is 11.5 Å². The molecular weight excluding hydrogens is 296 g/mol. The third kappa shape index (κ3) is 3.79. The van der Waals surface area contributed by atoms with Crippen LogP contribution in [0.2, 0.25) is 0 Å². The number of nitrogens with one attached hydrogen (secondary N) is 2. The number of thiophene rings is 1. The molecule has 1 saturated heterocycles. The Balaban J connectivity index is 1.60. The van der Waals surface area contributed by atoms with Crippen molar-refractivity contribution in [2.24, 2.45) is 0 Å². The van der Waals surface area contributed by atoms with Gasteiger partial charge in [-0.15, -0.1) is 11.3 Å². The van der Waals surface area contributed by atoms with Crippen LogP contribution in [0, 0.1) is 0 Å². The molecule has 1 aromatic rings. The van der Waals surface area contributed by atoms with Crippen LogP contribution in [-0.2, 0) is 21.3 Å². The van der Waals surface area contributed by atoms with Crippen LogP contribution >= 0.6 is 11.3 Å². The van der Waals surface area contributed by atoms with Crippen molar-refractivity contribution < 1.29 is 13.2 Å². The maximum atomic E-state index is 12.3. The molecule has 0 aromatic carbocycles. The van der Waals surface area contributed by atoms with Gasteiger partial charge in [0.2, 0.25) is 10.0 Å². The van der Waals surface area contributed by atoms with E-state index in [1.165, 1.54) is 24.2 Å². The Morgan fingerprint density at radius 3 is 2.85 bits per heavy atom. The van der Waals surface area contributed by atoms with Crippen molar-refractivity contribution in [2.45, 2.75) is 49.2 Å². The number of ether oxygens (including phenoxy) is 1. The molecule has 112 valence electrons. The Bertz CT molecular complexity index is 546. The van der Waals surface area contributed by atoms with Gasteiger partial charge in [0.1, 0.15) is 0 Å². The standard InChI is InChI=1S/C13H20N2O3S2/c16-20(17,15-11-2-1-5-18-8-11)13-6-12(19-9-13)7-14-10-3-4-10/h6,9-11,14-15H,1-5,7-8H2. The van der Waals surface area contributed by atoms with Crippen LogP contribution in [0.15, 0.2) is 16.3 Å². The van der Waals surface area contributed by atoms with Crippen LogP contribution in [-0.4, -0.2) is 33.7 Å². The van der Waals surface area contributed by atoms with Crippen LogP contribution in [0.5, 0.6) is 0 Å². The van der Waals surface area contributed by atoms with Crippen LogP contribution in [0.25, 0.3) is 0 Å². The monoisotopic (exact) mass is 316 g/mol. The van der Waals surface area contributed by atoms with Crippen LogP contribution in [0.3, 0.4) is 0 Å². The van der Waals surface area contributed by atoms with Gasteiger partial charge < -0.3 is 10.1 Å². The van der Waals surface area contributed by atoms with Crippen molar-refractivity contribution >= 4 is 21.4 Å². The summed E-state index contributed by atoms with van der Waals surface area (Å²) in [5.74, 6) is 0. The quantitative estimate of drug-likeness (QED) is 0.834. The van der Waals surface area contributed by atoms with E-state index in [0.29, 0.717) is 17.5 Å². The van der Waals surface area contributed by atoms with E-state index in [-0.39, 0.29) is 6.04 Å². The van der Waals surface area contributed by atoms with E-state index in [0.717, 1.165) is 30.9 Å². The predicted octanol–water partition coefficient (Wildman–Crippen LogP) is 1.46. The molecule has 1 atom stereocenters. The van der Waals surface area contributed by atoms with Crippen LogP contribution in [0.1, 0.15) is 30.6 Å². The summed E-state index contributed by atoms with van der Waals surface area (Å²) in [6.07, 6.45) is 4.23. The molecule has 1 saturated carbocycles. The largest absolute Gasteiger partial charge is 0.380 e. The summed E-state index contributed by atoms with van der Waals surface area (Å²) < 4.78 is 32.6. The third-order valence-electron chi connectivity index (χ3n) is 3.56. The second kappa shape index (κ2) is 6.11. The first-order valence-electron chi connectivity index (χ1n) is 7.04. The van der Waals surface area contributed by atoms with Gasteiger partial charge in [-0.25, -0.2) is 13.1 Å². The predicted molar refractivity (Wildman–Crippen MR) is 78.3 cm³/mol. The fraction of sp³-hybridized carbons (Fsp3) is 0.692. The van der Waals surface area contributed by atoms with Gasteiger partial charge in [-0.1, -0.05) is 0 Å². The Labute approximate surface area is 123 Å². The molecule has 5 nitrogen and oxygen atoms in total. The second-order valence-corrected chi connectivity index (χ2v) is 8.15. The summed E-state index contributed by atoms with van der Waals surface area (Å²) in [6.45, 7) is 1.96. The molecule has 3 rings (SSSR count). The Morgan fingerprint density at radius 1 is 1.30 bits per heavy atom. The van der Waals surface area contributed by atoms with Crippen molar-refractivity contribution in [1.82, 2.24) is 10.0 Å². The molecular formula is C13H20N2O3S2. The van der Waals surface area contributed by atoms with Crippen LogP contribution < -0.4 is 10.0 Å². The van der Waals surface area contributed by atoms with E-state index in [4.69, 9.17) is 4.74 Å². The van der Waals surface area contributed by atoms with Crippen molar-refractivity contribution in [3.63, 3.8) is 0 Å². The van der Waals surface area contributed by atoms with Crippen molar-refractivity contribution in [3.05, 3.63) is 16.3 Å². The van der Waals surface area contributed by atoms with E-state index < -0.39 is 10.0 Å². The molecule has 20 heavy (non-hydrogen) atoms. The van der Waals surface area contributed by atoms with Gasteiger partial charge in [0.25, 0.3) is 0 Å². The van der Waals surface area contributed by atoms with Crippen molar-refractivity contribution in [1.29, 1.82) is 0 Å². The maximum absolute atomic E-state index is 12.3. The molecule has 7 heteroatoms. The van der Waals surface area contributed by atoms with Gasteiger partial charge in [0.15, 0.2) is 0 Å². The highest BCUT2D eigenvalue weighted by molar-refractivity contribution is 7.89.